The SMILES string of the molecule is CC1CN(Cc2ccccc2)CC2(CCNCC2)O1.Cl.Cl. The molecule has 2 aliphatic rings. The Balaban J connectivity index is 0.00000110. The van der Waals surface area contributed by atoms with E-state index in [1.165, 1.54) is 5.56 Å². The van der Waals surface area contributed by atoms with E-state index in [4.69, 9.17) is 4.74 Å². The quantitative estimate of drug-likeness (QED) is 0.901. The predicted molar refractivity (Wildman–Crippen MR) is 91.6 cm³/mol. The molecule has 2 aliphatic heterocycles. The number of rotatable bonds is 2. The Kier molecular flexibility index (Phi) is 7.45. The van der Waals surface area contributed by atoms with Gasteiger partial charge in [0.25, 0.3) is 0 Å². The normalized spacial score (nSPS) is 24.9. The first-order valence-electron chi connectivity index (χ1n) is 7.41. The van der Waals surface area contributed by atoms with Crippen LogP contribution in [0.5, 0.6) is 0 Å². The second-order valence-corrected chi connectivity index (χ2v) is 6.02. The van der Waals surface area contributed by atoms with Crippen LogP contribution in [0, 0.1) is 0 Å². The van der Waals surface area contributed by atoms with Crippen LogP contribution in [-0.4, -0.2) is 42.8 Å². The van der Waals surface area contributed by atoms with Crippen molar-refractivity contribution in [3.63, 3.8) is 0 Å². The summed E-state index contributed by atoms with van der Waals surface area (Å²) in [6.07, 6.45) is 2.63. The Hall–Kier alpha value is -0.320. The van der Waals surface area contributed by atoms with Crippen molar-refractivity contribution in [3.05, 3.63) is 35.9 Å². The summed E-state index contributed by atoms with van der Waals surface area (Å²) in [5.41, 5.74) is 1.50. The van der Waals surface area contributed by atoms with Gasteiger partial charge in [0.2, 0.25) is 0 Å². The van der Waals surface area contributed by atoms with Gasteiger partial charge in [0.15, 0.2) is 0 Å². The maximum atomic E-state index is 6.30. The van der Waals surface area contributed by atoms with Crippen LogP contribution in [0.4, 0.5) is 0 Å². The summed E-state index contributed by atoms with van der Waals surface area (Å²) in [7, 11) is 0. The Bertz CT molecular complexity index is 410. The molecule has 0 aliphatic carbocycles. The van der Waals surface area contributed by atoms with Crippen LogP contribution >= 0.6 is 24.8 Å². The fourth-order valence-corrected chi connectivity index (χ4v) is 3.46. The molecule has 0 aromatic heterocycles. The zero-order valence-electron chi connectivity index (χ0n) is 12.6. The van der Waals surface area contributed by atoms with E-state index in [1.807, 2.05) is 0 Å². The molecule has 0 amide bonds. The molecule has 1 aromatic rings. The average Bonchev–Trinajstić information content (AvgIpc) is 2.39. The molecular formula is C16H26Cl2N2O. The molecule has 3 rings (SSSR count). The Morgan fingerprint density at radius 1 is 1.19 bits per heavy atom. The lowest BCUT2D eigenvalue weighted by Crippen LogP contribution is -2.58. The molecule has 2 fully saturated rings. The number of benzene rings is 1. The van der Waals surface area contributed by atoms with Gasteiger partial charge in [0.1, 0.15) is 0 Å². The highest BCUT2D eigenvalue weighted by Crippen LogP contribution is 2.30. The maximum absolute atomic E-state index is 6.30. The summed E-state index contributed by atoms with van der Waals surface area (Å²) in [5.74, 6) is 0. The van der Waals surface area contributed by atoms with Gasteiger partial charge in [-0.25, -0.2) is 0 Å². The highest BCUT2D eigenvalue weighted by molar-refractivity contribution is 5.85. The van der Waals surface area contributed by atoms with Crippen molar-refractivity contribution in [2.24, 2.45) is 0 Å². The largest absolute Gasteiger partial charge is 0.369 e. The molecule has 3 nitrogen and oxygen atoms in total. The second kappa shape index (κ2) is 8.35. The van der Waals surface area contributed by atoms with Crippen LogP contribution in [0.2, 0.25) is 0 Å². The summed E-state index contributed by atoms with van der Waals surface area (Å²) in [6, 6.07) is 10.8. The fraction of sp³-hybridized carbons (Fsp3) is 0.625. The lowest BCUT2D eigenvalue weighted by Gasteiger charge is -2.47. The molecule has 2 saturated heterocycles. The lowest BCUT2D eigenvalue weighted by atomic mass is 9.89. The molecule has 120 valence electrons. The van der Waals surface area contributed by atoms with Gasteiger partial charge >= 0.3 is 0 Å². The molecule has 1 aromatic carbocycles. The van der Waals surface area contributed by atoms with Gasteiger partial charge in [-0.3, -0.25) is 4.90 Å². The topological polar surface area (TPSA) is 24.5 Å². The molecule has 2 heterocycles. The monoisotopic (exact) mass is 332 g/mol. The molecular weight excluding hydrogens is 307 g/mol. The third-order valence-corrected chi connectivity index (χ3v) is 4.24. The number of hydrogen-bond donors (Lipinski definition) is 1. The molecule has 21 heavy (non-hydrogen) atoms. The number of hydrogen-bond acceptors (Lipinski definition) is 3. The van der Waals surface area contributed by atoms with E-state index in [9.17, 15) is 0 Å². The summed E-state index contributed by atoms with van der Waals surface area (Å²) < 4.78 is 6.30. The van der Waals surface area contributed by atoms with Crippen LogP contribution in [0.1, 0.15) is 25.3 Å². The molecule has 1 N–H and O–H groups in total. The number of piperidine rings is 1. The number of morpholine rings is 1. The Morgan fingerprint density at radius 2 is 1.86 bits per heavy atom. The average molecular weight is 333 g/mol. The summed E-state index contributed by atoms with van der Waals surface area (Å²) in [5, 5.41) is 3.44. The highest BCUT2D eigenvalue weighted by atomic mass is 35.5. The maximum Gasteiger partial charge on any atom is 0.0837 e. The first-order chi connectivity index (χ1) is 9.26. The van der Waals surface area contributed by atoms with Crippen LogP contribution < -0.4 is 5.32 Å². The van der Waals surface area contributed by atoms with Crippen LogP contribution in [0.15, 0.2) is 30.3 Å². The van der Waals surface area contributed by atoms with Crippen molar-refractivity contribution in [2.75, 3.05) is 26.2 Å². The Morgan fingerprint density at radius 3 is 2.52 bits per heavy atom. The fourth-order valence-electron chi connectivity index (χ4n) is 3.46. The number of nitrogens with zero attached hydrogens (tertiary/aromatic N) is 1. The van der Waals surface area contributed by atoms with Gasteiger partial charge in [-0.2, -0.15) is 0 Å². The molecule has 1 unspecified atom stereocenters. The first kappa shape index (κ1) is 18.7. The number of halogens is 2. The van der Waals surface area contributed by atoms with Crippen molar-refractivity contribution in [1.29, 1.82) is 0 Å². The number of nitrogens with one attached hydrogen (secondary N) is 1. The first-order valence-corrected chi connectivity index (χ1v) is 7.41. The smallest absolute Gasteiger partial charge is 0.0837 e. The van der Waals surface area contributed by atoms with Crippen LogP contribution in [0.25, 0.3) is 0 Å². The van der Waals surface area contributed by atoms with Crippen molar-refractivity contribution in [2.45, 2.75) is 38.0 Å². The lowest BCUT2D eigenvalue weighted by molar-refractivity contribution is -0.162. The minimum Gasteiger partial charge on any atom is -0.369 e. The van der Waals surface area contributed by atoms with E-state index in [2.05, 4.69) is 47.5 Å². The third kappa shape index (κ3) is 4.83. The van der Waals surface area contributed by atoms with Gasteiger partial charge < -0.3 is 10.1 Å². The molecule has 0 saturated carbocycles. The van der Waals surface area contributed by atoms with Gasteiger partial charge in [0.05, 0.1) is 11.7 Å². The van der Waals surface area contributed by atoms with Crippen molar-refractivity contribution >= 4 is 24.8 Å². The molecule has 5 heteroatoms. The standard InChI is InChI=1S/C16H24N2O.2ClH/c1-14-11-18(12-15-5-3-2-4-6-15)13-16(19-14)7-9-17-10-8-16;;/h2-6,14,17H,7-13H2,1H3;2*1H. The van der Waals surface area contributed by atoms with Gasteiger partial charge in [0, 0.05) is 19.6 Å². The van der Waals surface area contributed by atoms with E-state index in [1.54, 1.807) is 0 Å². The Labute approximate surface area is 140 Å². The van der Waals surface area contributed by atoms with E-state index in [0.29, 0.717) is 6.10 Å². The van der Waals surface area contributed by atoms with E-state index in [0.717, 1.165) is 45.6 Å². The van der Waals surface area contributed by atoms with Gasteiger partial charge in [-0.15, -0.1) is 24.8 Å². The van der Waals surface area contributed by atoms with Gasteiger partial charge in [-0.1, -0.05) is 30.3 Å². The third-order valence-electron chi connectivity index (χ3n) is 4.24. The zero-order chi connectivity index (χ0) is 13.1. The number of ether oxygens (including phenoxy) is 1. The van der Waals surface area contributed by atoms with Crippen molar-refractivity contribution < 1.29 is 4.74 Å². The van der Waals surface area contributed by atoms with E-state index >= 15 is 0 Å². The molecule has 1 atom stereocenters. The van der Waals surface area contributed by atoms with E-state index < -0.39 is 0 Å². The van der Waals surface area contributed by atoms with E-state index in [-0.39, 0.29) is 30.4 Å². The minimum absolute atomic E-state index is 0. The molecule has 0 bridgehead atoms. The molecule has 0 radical (unpaired) electrons. The molecule has 1 spiro atoms. The second-order valence-electron chi connectivity index (χ2n) is 6.02. The van der Waals surface area contributed by atoms with Crippen molar-refractivity contribution in [3.8, 4) is 0 Å². The highest BCUT2D eigenvalue weighted by Gasteiger charge is 2.40. The predicted octanol–water partition coefficient (Wildman–Crippen LogP) is 2.87. The summed E-state index contributed by atoms with van der Waals surface area (Å²) >= 11 is 0. The summed E-state index contributed by atoms with van der Waals surface area (Å²) in [6.45, 7) is 7.56. The minimum atomic E-state index is 0. The van der Waals surface area contributed by atoms with Crippen LogP contribution in [-0.2, 0) is 11.3 Å². The van der Waals surface area contributed by atoms with Crippen molar-refractivity contribution in [1.82, 2.24) is 10.2 Å². The zero-order valence-corrected chi connectivity index (χ0v) is 14.2. The van der Waals surface area contributed by atoms with Gasteiger partial charge in [-0.05, 0) is 38.4 Å². The van der Waals surface area contributed by atoms with Crippen LogP contribution in [0.3, 0.4) is 0 Å². The summed E-state index contributed by atoms with van der Waals surface area (Å²) in [4.78, 5) is 2.56.